The lowest BCUT2D eigenvalue weighted by Crippen LogP contribution is -2.18. The summed E-state index contributed by atoms with van der Waals surface area (Å²) in [5, 5.41) is 7.17. The fourth-order valence-corrected chi connectivity index (χ4v) is 1.64. The summed E-state index contributed by atoms with van der Waals surface area (Å²) in [5.41, 5.74) is 1.63. The Hall–Kier alpha value is -2.11. The first-order valence-electron chi connectivity index (χ1n) is 5.61. The molecule has 1 amide bonds. The van der Waals surface area contributed by atoms with Gasteiger partial charge in [-0.25, -0.2) is 4.98 Å². The summed E-state index contributed by atoms with van der Waals surface area (Å²) in [6, 6.07) is 0. The molecule has 1 N–H and O–H groups in total. The van der Waals surface area contributed by atoms with E-state index in [1.807, 2.05) is 27.8 Å². The molecule has 6 heteroatoms. The number of rotatable bonds is 2. The van der Waals surface area contributed by atoms with E-state index >= 15 is 0 Å². The highest BCUT2D eigenvalue weighted by Crippen LogP contribution is 2.27. The van der Waals surface area contributed by atoms with Crippen molar-refractivity contribution in [3.63, 3.8) is 0 Å². The molecule has 0 spiro atoms. The third kappa shape index (κ3) is 2.42. The largest absolute Gasteiger partial charge is 0.451 e. The molecule has 0 fully saturated rings. The van der Waals surface area contributed by atoms with E-state index in [0.29, 0.717) is 5.69 Å². The van der Waals surface area contributed by atoms with Gasteiger partial charge in [-0.15, -0.1) is 0 Å². The molecular formula is C12H16N4O2. The molecule has 18 heavy (non-hydrogen) atoms. The van der Waals surface area contributed by atoms with Gasteiger partial charge in [0.25, 0.3) is 5.91 Å². The average Bonchev–Trinajstić information content (AvgIpc) is 2.85. The molecule has 0 saturated heterocycles. The van der Waals surface area contributed by atoms with Crippen molar-refractivity contribution in [2.24, 2.45) is 7.05 Å². The molecule has 0 atom stereocenters. The van der Waals surface area contributed by atoms with Gasteiger partial charge in [-0.1, -0.05) is 20.8 Å². The van der Waals surface area contributed by atoms with Crippen molar-refractivity contribution < 1.29 is 9.21 Å². The third-order valence-corrected chi connectivity index (χ3v) is 2.45. The average molecular weight is 248 g/mol. The van der Waals surface area contributed by atoms with E-state index in [2.05, 4.69) is 15.4 Å². The zero-order valence-corrected chi connectivity index (χ0v) is 10.9. The summed E-state index contributed by atoms with van der Waals surface area (Å²) in [5.74, 6) is -0.303. The molecule has 0 aliphatic rings. The third-order valence-electron chi connectivity index (χ3n) is 2.45. The predicted octanol–water partition coefficient (Wildman–Crippen LogP) is 1.96. The number of nitrogens with one attached hydrogen (secondary N) is 1. The number of oxazole rings is 1. The van der Waals surface area contributed by atoms with Crippen LogP contribution in [-0.2, 0) is 12.5 Å². The number of hydrogen-bond acceptors (Lipinski definition) is 4. The molecular weight excluding hydrogens is 232 g/mol. The molecule has 0 bridgehead atoms. The summed E-state index contributed by atoms with van der Waals surface area (Å²) < 4.78 is 6.46. The van der Waals surface area contributed by atoms with Crippen molar-refractivity contribution in [1.82, 2.24) is 14.8 Å². The highest BCUT2D eigenvalue weighted by atomic mass is 16.3. The van der Waals surface area contributed by atoms with Gasteiger partial charge in [-0.2, -0.15) is 5.10 Å². The second kappa shape index (κ2) is 4.29. The van der Waals surface area contributed by atoms with E-state index in [0.717, 1.165) is 5.69 Å². The maximum absolute atomic E-state index is 11.9. The summed E-state index contributed by atoms with van der Waals surface area (Å²) >= 11 is 0. The van der Waals surface area contributed by atoms with Gasteiger partial charge in [0.15, 0.2) is 12.1 Å². The summed E-state index contributed by atoms with van der Waals surface area (Å²) in [7, 11) is 1.82. The van der Waals surface area contributed by atoms with Crippen molar-refractivity contribution >= 4 is 11.6 Å². The number of carbonyl (C=O) groups excluding carboxylic acids is 1. The SMILES string of the molecule is Cn1cc(NC(=O)c2cocn2)c(C(C)(C)C)n1. The topological polar surface area (TPSA) is 73.0 Å². The van der Waals surface area contributed by atoms with Crippen molar-refractivity contribution in [1.29, 1.82) is 0 Å². The van der Waals surface area contributed by atoms with Gasteiger partial charge in [0.2, 0.25) is 0 Å². The van der Waals surface area contributed by atoms with Gasteiger partial charge in [-0.3, -0.25) is 9.48 Å². The van der Waals surface area contributed by atoms with E-state index in [1.54, 1.807) is 10.9 Å². The van der Waals surface area contributed by atoms with Gasteiger partial charge in [0, 0.05) is 18.7 Å². The maximum atomic E-state index is 11.9. The van der Waals surface area contributed by atoms with Gasteiger partial charge in [0.1, 0.15) is 6.26 Å². The zero-order valence-electron chi connectivity index (χ0n) is 10.9. The molecule has 2 aromatic rings. The Balaban J connectivity index is 2.27. The first-order chi connectivity index (χ1) is 8.38. The number of aryl methyl sites for hydroxylation is 1. The van der Waals surface area contributed by atoms with Crippen LogP contribution in [0.1, 0.15) is 37.0 Å². The van der Waals surface area contributed by atoms with E-state index < -0.39 is 0 Å². The van der Waals surface area contributed by atoms with Crippen LogP contribution in [0.15, 0.2) is 23.3 Å². The number of nitrogens with zero attached hydrogens (tertiary/aromatic N) is 3. The van der Waals surface area contributed by atoms with Gasteiger partial charge >= 0.3 is 0 Å². The minimum Gasteiger partial charge on any atom is -0.451 e. The summed E-state index contributed by atoms with van der Waals surface area (Å²) in [6.07, 6.45) is 4.31. The number of hydrogen-bond donors (Lipinski definition) is 1. The normalized spacial score (nSPS) is 11.6. The minimum absolute atomic E-state index is 0.145. The Morgan fingerprint density at radius 3 is 2.72 bits per heavy atom. The maximum Gasteiger partial charge on any atom is 0.277 e. The van der Waals surface area contributed by atoms with E-state index in [9.17, 15) is 4.79 Å². The van der Waals surface area contributed by atoms with Crippen LogP contribution >= 0.6 is 0 Å². The van der Waals surface area contributed by atoms with Gasteiger partial charge in [0.05, 0.1) is 11.4 Å². The number of carbonyl (C=O) groups is 1. The second-order valence-corrected chi connectivity index (χ2v) is 5.14. The molecule has 0 radical (unpaired) electrons. The molecule has 0 aromatic carbocycles. The van der Waals surface area contributed by atoms with Crippen LogP contribution in [0.25, 0.3) is 0 Å². The van der Waals surface area contributed by atoms with Crippen LogP contribution in [0.2, 0.25) is 0 Å². The Morgan fingerprint density at radius 2 is 2.17 bits per heavy atom. The standard InChI is InChI=1S/C12H16N4O2/c1-12(2,3)10-8(5-16(4)15-10)14-11(17)9-6-18-7-13-9/h5-7H,1-4H3,(H,14,17). The second-order valence-electron chi connectivity index (χ2n) is 5.14. The fourth-order valence-electron chi connectivity index (χ4n) is 1.64. The smallest absolute Gasteiger partial charge is 0.277 e. The molecule has 0 unspecified atom stereocenters. The van der Waals surface area contributed by atoms with Crippen LogP contribution in [0.3, 0.4) is 0 Å². The van der Waals surface area contributed by atoms with Gasteiger partial charge in [-0.05, 0) is 0 Å². The predicted molar refractivity (Wildman–Crippen MR) is 66.4 cm³/mol. The highest BCUT2D eigenvalue weighted by molar-refractivity contribution is 6.02. The summed E-state index contributed by atoms with van der Waals surface area (Å²) in [6.45, 7) is 6.13. The Bertz CT molecular complexity index is 549. The van der Waals surface area contributed by atoms with Crippen molar-refractivity contribution in [3.8, 4) is 0 Å². The van der Waals surface area contributed by atoms with Crippen molar-refractivity contribution in [2.75, 3.05) is 5.32 Å². The lowest BCUT2D eigenvalue weighted by atomic mass is 9.91. The van der Waals surface area contributed by atoms with Crippen LogP contribution < -0.4 is 5.32 Å². The lowest BCUT2D eigenvalue weighted by Gasteiger charge is -2.17. The monoisotopic (exact) mass is 248 g/mol. The first kappa shape index (κ1) is 12.3. The van der Waals surface area contributed by atoms with Crippen LogP contribution in [0.4, 0.5) is 5.69 Å². The highest BCUT2D eigenvalue weighted by Gasteiger charge is 2.23. The molecule has 2 rings (SSSR count). The quantitative estimate of drug-likeness (QED) is 0.881. The van der Waals surface area contributed by atoms with Crippen LogP contribution in [0.5, 0.6) is 0 Å². The minimum atomic E-state index is -0.303. The zero-order chi connectivity index (χ0) is 13.3. The van der Waals surface area contributed by atoms with Crippen molar-refractivity contribution in [2.45, 2.75) is 26.2 Å². The molecule has 6 nitrogen and oxygen atoms in total. The number of aromatic nitrogens is 3. The van der Waals surface area contributed by atoms with Crippen molar-refractivity contribution in [3.05, 3.63) is 30.2 Å². The number of amides is 1. The summed E-state index contributed by atoms with van der Waals surface area (Å²) in [4.78, 5) is 15.7. The van der Waals surface area contributed by atoms with Crippen LogP contribution in [0, 0.1) is 0 Å². The molecule has 96 valence electrons. The Labute approximate surface area is 105 Å². The molecule has 0 saturated carbocycles. The molecule has 2 aromatic heterocycles. The van der Waals surface area contributed by atoms with Crippen LogP contribution in [-0.4, -0.2) is 20.7 Å². The molecule has 0 aliphatic heterocycles. The Morgan fingerprint density at radius 1 is 1.44 bits per heavy atom. The lowest BCUT2D eigenvalue weighted by molar-refractivity contribution is 0.102. The molecule has 2 heterocycles. The van der Waals surface area contributed by atoms with E-state index in [-0.39, 0.29) is 17.0 Å². The molecule has 0 aliphatic carbocycles. The first-order valence-corrected chi connectivity index (χ1v) is 5.61. The van der Waals surface area contributed by atoms with E-state index in [1.165, 1.54) is 12.7 Å². The number of anilines is 1. The Kier molecular flexibility index (Phi) is 2.94. The van der Waals surface area contributed by atoms with Gasteiger partial charge < -0.3 is 9.73 Å². The fraction of sp³-hybridized carbons (Fsp3) is 0.417. The van der Waals surface area contributed by atoms with E-state index in [4.69, 9.17) is 4.42 Å².